The summed E-state index contributed by atoms with van der Waals surface area (Å²) in [5.41, 5.74) is 0.297. The van der Waals surface area contributed by atoms with Crippen LogP contribution in [0.3, 0.4) is 0 Å². The van der Waals surface area contributed by atoms with Crippen molar-refractivity contribution in [3.8, 4) is 0 Å². The molecule has 1 aliphatic heterocycles. The number of rotatable bonds is 3. The van der Waals surface area contributed by atoms with Gasteiger partial charge in [0.2, 0.25) is 0 Å². The van der Waals surface area contributed by atoms with Gasteiger partial charge in [-0.1, -0.05) is 27.2 Å². The molecule has 3 fully saturated rings. The molecule has 2 aliphatic carbocycles. The maximum absolute atomic E-state index is 11.6. The zero-order valence-electron chi connectivity index (χ0n) is 13.7. The highest BCUT2D eigenvalue weighted by Gasteiger charge is 2.52. The van der Waals surface area contributed by atoms with Gasteiger partial charge in [0, 0.05) is 0 Å². The van der Waals surface area contributed by atoms with Crippen LogP contribution in [0.4, 0.5) is 0 Å². The van der Waals surface area contributed by atoms with Crippen molar-refractivity contribution in [3.63, 3.8) is 0 Å². The minimum atomic E-state index is -0.0923. The van der Waals surface area contributed by atoms with E-state index >= 15 is 0 Å². The molecule has 0 aromatic heterocycles. The molecule has 0 aromatic rings. The fourth-order valence-electron chi connectivity index (χ4n) is 5.67. The van der Waals surface area contributed by atoms with E-state index in [1.54, 1.807) is 0 Å². The average molecular weight is 294 g/mol. The number of cyclic esters (lactones) is 1. The maximum Gasteiger partial charge on any atom is 0.309 e. The Labute approximate surface area is 128 Å². The summed E-state index contributed by atoms with van der Waals surface area (Å²) in [6, 6.07) is 0. The highest BCUT2D eigenvalue weighted by Crippen LogP contribution is 2.58. The summed E-state index contributed by atoms with van der Waals surface area (Å²) < 4.78 is 5.51. The zero-order chi connectivity index (χ0) is 15.2. The molecule has 120 valence electrons. The molecule has 0 spiro atoms. The van der Waals surface area contributed by atoms with E-state index in [9.17, 15) is 9.90 Å². The van der Waals surface area contributed by atoms with E-state index in [-0.39, 0.29) is 24.1 Å². The first-order chi connectivity index (χ1) is 9.91. The summed E-state index contributed by atoms with van der Waals surface area (Å²) >= 11 is 0. The van der Waals surface area contributed by atoms with Crippen molar-refractivity contribution in [1.29, 1.82) is 0 Å². The number of ether oxygens (including phenoxy) is 1. The van der Waals surface area contributed by atoms with Crippen LogP contribution in [0.1, 0.15) is 65.7 Å². The Kier molecular flexibility index (Phi) is 4.06. The highest BCUT2D eigenvalue weighted by atomic mass is 16.5. The van der Waals surface area contributed by atoms with E-state index in [4.69, 9.17) is 4.74 Å². The van der Waals surface area contributed by atoms with Gasteiger partial charge in [0.25, 0.3) is 0 Å². The standard InChI is InChI=1S/C18H30O3/c1-11(9-13-10-12(2)17(20)21-13)14-6-7-15-16(19)5-4-8-18(14,15)3/h11-16,19H,4-10H2,1-3H3/t11-,12+,13+,14-,15?,16?,18+/m1/s1. The fraction of sp³-hybridized carbons (Fsp3) is 0.944. The predicted molar refractivity (Wildman–Crippen MR) is 81.6 cm³/mol. The highest BCUT2D eigenvalue weighted by molar-refractivity contribution is 5.74. The summed E-state index contributed by atoms with van der Waals surface area (Å²) in [6.45, 7) is 6.70. The van der Waals surface area contributed by atoms with Crippen LogP contribution in [0.2, 0.25) is 0 Å². The average Bonchev–Trinajstić information content (AvgIpc) is 2.91. The number of hydrogen-bond acceptors (Lipinski definition) is 3. The van der Waals surface area contributed by atoms with Crippen molar-refractivity contribution in [2.24, 2.45) is 29.1 Å². The summed E-state index contributed by atoms with van der Waals surface area (Å²) in [4.78, 5) is 11.6. The molecule has 21 heavy (non-hydrogen) atoms. The Morgan fingerprint density at radius 2 is 2.14 bits per heavy atom. The molecule has 3 heteroatoms. The lowest BCUT2D eigenvalue weighted by Gasteiger charge is -2.45. The van der Waals surface area contributed by atoms with Gasteiger partial charge in [0.15, 0.2) is 0 Å². The third-order valence-corrected chi connectivity index (χ3v) is 6.79. The molecule has 1 N–H and O–H groups in total. The number of carbonyl (C=O) groups is 1. The Hall–Kier alpha value is -0.570. The number of aliphatic hydroxyl groups is 1. The zero-order valence-corrected chi connectivity index (χ0v) is 13.7. The van der Waals surface area contributed by atoms with Gasteiger partial charge < -0.3 is 9.84 Å². The first kappa shape index (κ1) is 15.3. The Balaban J connectivity index is 1.65. The van der Waals surface area contributed by atoms with Crippen LogP contribution in [-0.2, 0) is 9.53 Å². The van der Waals surface area contributed by atoms with Crippen molar-refractivity contribution in [3.05, 3.63) is 0 Å². The smallest absolute Gasteiger partial charge is 0.309 e. The number of fused-ring (bicyclic) bond motifs is 1. The van der Waals surface area contributed by atoms with Crippen LogP contribution in [0, 0.1) is 29.1 Å². The summed E-state index contributed by atoms with van der Waals surface area (Å²) in [5, 5.41) is 10.3. The predicted octanol–water partition coefficient (Wildman–Crippen LogP) is 3.54. The van der Waals surface area contributed by atoms with Crippen molar-refractivity contribution >= 4 is 5.97 Å². The molecule has 0 amide bonds. The van der Waals surface area contributed by atoms with Gasteiger partial charge in [-0.25, -0.2) is 0 Å². The molecule has 0 aromatic carbocycles. The van der Waals surface area contributed by atoms with E-state index < -0.39 is 0 Å². The van der Waals surface area contributed by atoms with E-state index in [2.05, 4.69) is 13.8 Å². The Morgan fingerprint density at radius 1 is 1.38 bits per heavy atom. The summed E-state index contributed by atoms with van der Waals surface area (Å²) in [7, 11) is 0. The van der Waals surface area contributed by atoms with Crippen LogP contribution in [0.25, 0.3) is 0 Å². The minimum absolute atomic E-state index is 0.0178. The molecule has 7 atom stereocenters. The Bertz CT molecular complexity index is 407. The third kappa shape index (κ3) is 2.62. The second-order valence-electron chi connectivity index (χ2n) is 8.16. The van der Waals surface area contributed by atoms with E-state index in [1.165, 1.54) is 19.3 Å². The van der Waals surface area contributed by atoms with Gasteiger partial charge in [-0.15, -0.1) is 0 Å². The number of esters is 1. The van der Waals surface area contributed by atoms with Gasteiger partial charge in [-0.3, -0.25) is 4.79 Å². The lowest BCUT2D eigenvalue weighted by molar-refractivity contribution is -0.144. The quantitative estimate of drug-likeness (QED) is 0.810. The van der Waals surface area contributed by atoms with E-state index in [0.717, 1.165) is 25.7 Å². The van der Waals surface area contributed by atoms with Crippen LogP contribution in [0.15, 0.2) is 0 Å². The van der Waals surface area contributed by atoms with Crippen LogP contribution < -0.4 is 0 Å². The van der Waals surface area contributed by atoms with Crippen molar-refractivity contribution in [2.45, 2.75) is 77.9 Å². The molecule has 0 bridgehead atoms. The Morgan fingerprint density at radius 3 is 2.81 bits per heavy atom. The second kappa shape index (κ2) is 5.57. The molecular weight excluding hydrogens is 264 g/mol. The van der Waals surface area contributed by atoms with Crippen LogP contribution in [0.5, 0.6) is 0 Å². The van der Waals surface area contributed by atoms with Crippen LogP contribution in [-0.4, -0.2) is 23.3 Å². The lowest BCUT2D eigenvalue weighted by atomic mass is 9.61. The molecule has 2 saturated carbocycles. The van der Waals surface area contributed by atoms with E-state index in [0.29, 0.717) is 23.2 Å². The summed E-state index contributed by atoms with van der Waals surface area (Å²) in [5.74, 6) is 1.80. The normalized spacial score (nSPS) is 48.0. The van der Waals surface area contributed by atoms with Gasteiger partial charge in [0.05, 0.1) is 12.0 Å². The van der Waals surface area contributed by atoms with Gasteiger partial charge in [-0.05, 0) is 61.7 Å². The molecular formula is C18H30O3. The van der Waals surface area contributed by atoms with Crippen molar-refractivity contribution < 1.29 is 14.6 Å². The monoisotopic (exact) mass is 294 g/mol. The summed E-state index contributed by atoms with van der Waals surface area (Å²) in [6.07, 6.45) is 7.72. The number of hydrogen-bond donors (Lipinski definition) is 1. The second-order valence-corrected chi connectivity index (χ2v) is 8.16. The number of carbonyl (C=O) groups excluding carboxylic acids is 1. The molecule has 3 nitrogen and oxygen atoms in total. The molecule has 0 radical (unpaired) electrons. The molecule has 3 rings (SSSR count). The minimum Gasteiger partial charge on any atom is -0.462 e. The molecule has 1 heterocycles. The first-order valence-corrected chi connectivity index (χ1v) is 8.80. The van der Waals surface area contributed by atoms with E-state index in [1.807, 2.05) is 6.92 Å². The van der Waals surface area contributed by atoms with Crippen molar-refractivity contribution in [1.82, 2.24) is 0 Å². The number of aliphatic hydroxyl groups excluding tert-OH is 1. The van der Waals surface area contributed by atoms with Crippen molar-refractivity contribution in [2.75, 3.05) is 0 Å². The fourth-order valence-corrected chi connectivity index (χ4v) is 5.67. The topological polar surface area (TPSA) is 46.5 Å². The molecule has 1 saturated heterocycles. The third-order valence-electron chi connectivity index (χ3n) is 6.79. The van der Waals surface area contributed by atoms with Crippen LogP contribution >= 0.6 is 0 Å². The molecule has 2 unspecified atom stereocenters. The maximum atomic E-state index is 11.6. The van der Waals surface area contributed by atoms with Gasteiger partial charge in [0.1, 0.15) is 6.10 Å². The first-order valence-electron chi connectivity index (χ1n) is 8.80. The van der Waals surface area contributed by atoms with Gasteiger partial charge in [-0.2, -0.15) is 0 Å². The largest absolute Gasteiger partial charge is 0.462 e. The van der Waals surface area contributed by atoms with Gasteiger partial charge >= 0.3 is 5.97 Å². The lowest BCUT2D eigenvalue weighted by Crippen LogP contribution is -2.41. The molecule has 3 aliphatic rings. The SMILES string of the molecule is C[C@H](C[C@H]1C[C@H](C)C(=O)O1)[C@H]1CCC2C(O)CCC[C@]21C.